The molecule has 3 fully saturated rings. The smallest absolute Gasteiger partial charge is 0.219 e. The summed E-state index contributed by atoms with van der Waals surface area (Å²) < 4.78 is 24.9. The van der Waals surface area contributed by atoms with Gasteiger partial charge in [0.05, 0.1) is 44.8 Å². The molecule has 58 heavy (non-hydrogen) atoms. The molecular formula is C41H33Cl7N4O4S2. The van der Waals surface area contributed by atoms with Crippen LogP contribution >= 0.6 is 104 Å². The average molecular weight is 958 g/mol. The molecular weight excluding hydrogens is 925 g/mol. The van der Waals surface area contributed by atoms with Crippen molar-refractivity contribution in [2.24, 2.45) is 23.7 Å². The van der Waals surface area contributed by atoms with Crippen LogP contribution in [0.25, 0.3) is 42.9 Å². The van der Waals surface area contributed by atoms with Crippen molar-refractivity contribution in [1.29, 1.82) is 0 Å². The van der Waals surface area contributed by atoms with Crippen molar-refractivity contribution in [1.82, 2.24) is 19.9 Å². The van der Waals surface area contributed by atoms with Crippen LogP contribution in [-0.4, -0.2) is 64.2 Å². The Bertz CT molecular complexity index is 2440. The Morgan fingerprint density at radius 2 is 0.828 bits per heavy atom. The number of ether oxygens (including phenoxy) is 4. The minimum absolute atomic E-state index is 0.311. The zero-order valence-electron chi connectivity index (χ0n) is 31.1. The van der Waals surface area contributed by atoms with Crippen molar-refractivity contribution in [2.75, 3.05) is 28.4 Å². The molecule has 0 unspecified atom stereocenters. The first-order chi connectivity index (χ1) is 27.7. The Balaban J connectivity index is 0.000000978. The van der Waals surface area contributed by atoms with Crippen LogP contribution in [0.3, 0.4) is 0 Å². The summed E-state index contributed by atoms with van der Waals surface area (Å²) >= 11 is 50.1. The van der Waals surface area contributed by atoms with Crippen LogP contribution in [-0.2, 0) is 38.4 Å². The van der Waals surface area contributed by atoms with Gasteiger partial charge in [-0.2, -0.15) is 0 Å². The quantitative estimate of drug-likeness (QED) is 0.120. The first-order valence-electron chi connectivity index (χ1n) is 18.4. The highest BCUT2D eigenvalue weighted by molar-refractivity contribution is 7.13. The third-order valence-corrected chi connectivity index (χ3v) is 18.1. The van der Waals surface area contributed by atoms with Crippen molar-refractivity contribution in [2.45, 2.75) is 48.2 Å². The van der Waals surface area contributed by atoms with Crippen molar-refractivity contribution >= 4 is 126 Å². The van der Waals surface area contributed by atoms with E-state index in [1.54, 1.807) is 51.1 Å². The second-order valence-electron chi connectivity index (χ2n) is 15.2. The lowest BCUT2D eigenvalue weighted by molar-refractivity contribution is -0.241. The molecule has 4 heterocycles. The number of benzene rings is 2. The fourth-order valence-electron chi connectivity index (χ4n) is 11.5. The SMILES string of the molecule is COC1(OC)[C@@]2(Cl)c3nc4cc(-c5cccs5)ccc4nc3[C@]1(Cl)[C@@H]1C[C@H]3[C@@H](C[C@@H]12)[C@@]1(Cl)c2nc4cc(-c5cccs5)ccc4nc2[C@]3(Cl)C1(OC)OC.ClC(Cl)Cl. The molecule has 0 radical (unpaired) electrons. The second-order valence-corrected chi connectivity index (χ2v) is 21.5. The van der Waals surface area contributed by atoms with Gasteiger partial charge in [0.15, 0.2) is 4.30 Å². The molecule has 0 N–H and O–H groups in total. The molecule has 6 aromatic rings. The van der Waals surface area contributed by atoms with Gasteiger partial charge in [0.1, 0.15) is 19.5 Å². The number of halogens is 7. The minimum Gasteiger partial charge on any atom is -0.349 e. The standard InChI is InChI=1S/C40H32Cl4N4O4S2.CHCl3/c1-49-39(50-2)35(41)21-17-22-24(18-23(21)37(39,43)33-31(35)45-25-11-9-19(15-27(25)47-33)29-7-5-13-53-29)38(44)34-32(36(22,42)40(38,51-3)52-4)46-26-12-10-20(16-28(26)48-34)30-8-6-14-54-30;2-1(3)4/h5-16,21-24H,17-18H2,1-4H3;1H/t21-,22+,23+,24-,35-,36+,37+,38-;. The van der Waals surface area contributed by atoms with Crippen molar-refractivity contribution in [3.05, 3.63) is 94.2 Å². The van der Waals surface area contributed by atoms with Gasteiger partial charge < -0.3 is 18.9 Å². The Hall–Kier alpha value is -1.61. The van der Waals surface area contributed by atoms with Gasteiger partial charge in [-0.15, -0.1) is 69.1 Å². The largest absolute Gasteiger partial charge is 0.349 e. The van der Waals surface area contributed by atoms with Crippen LogP contribution in [0.5, 0.6) is 0 Å². The van der Waals surface area contributed by atoms with E-state index < -0.39 is 35.4 Å². The molecule has 0 amide bonds. The van der Waals surface area contributed by atoms with E-state index in [9.17, 15) is 0 Å². The maximum atomic E-state index is 8.11. The number of methoxy groups -OCH3 is 4. The predicted octanol–water partition coefficient (Wildman–Crippen LogP) is 11.7. The lowest BCUT2D eigenvalue weighted by atomic mass is 9.59. The molecule has 8 nitrogen and oxygen atoms in total. The summed E-state index contributed by atoms with van der Waals surface area (Å²) in [4.78, 5) is 17.9. The number of alkyl halides is 7. The minimum atomic E-state index is -1.51. The predicted molar refractivity (Wildman–Crippen MR) is 234 cm³/mol. The summed E-state index contributed by atoms with van der Waals surface area (Å²) in [5.74, 6) is -4.28. The molecule has 8 atom stereocenters. The van der Waals surface area contributed by atoms with Gasteiger partial charge >= 0.3 is 0 Å². The van der Waals surface area contributed by atoms with Crippen molar-refractivity contribution < 1.29 is 18.9 Å². The maximum absolute atomic E-state index is 8.11. The third kappa shape index (κ3) is 4.66. The summed E-state index contributed by atoms with van der Waals surface area (Å²) in [6, 6.07) is 20.4. The second kappa shape index (κ2) is 13.7. The first kappa shape index (κ1) is 40.5. The Morgan fingerprint density at radius 1 is 0.517 bits per heavy atom. The molecule has 17 heteroatoms. The van der Waals surface area contributed by atoms with Crippen LogP contribution < -0.4 is 0 Å². The van der Waals surface area contributed by atoms with Crippen LogP contribution in [0.2, 0.25) is 0 Å². The number of aromatic nitrogens is 4. The van der Waals surface area contributed by atoms with Gasteiger partial charge in [0, 0.05) is 38.2 Å². The average Bonchev–Trinajstić information content (AvgIpc) is 4.05. The van der Waals surface area contributed by atoms with E-state index in [1.807, 2.05) is 36.4 Å². The van der Waals surface area contributed by atoms with Gasteiger partial charge in [0.2, 0.25) is 11.6 Å². The Labute approximate surface area is 377 Å². The van der Waals surface area contributed by atoms with Gasteiger partial charge in [-0.3, -0.25) is 0 Å². The van der Waals surface area contributed by atoms with Crippen LogP contribution in [0.15, 0.2) is 71.4 Å². The molecule has 3 saturated carbocycles. The highest BCUT2D eigenvalue weighted by atomic mass is 35.6. The zero-order chi connectivity index (χ0) is 40.8. The number of hydrogen-bond acceptors (Lipinski definition) is 10. The summed E-state index contributed by atoms with van der Waals surface area (Å²) in [6.07, 6.45) is 0.970. The lowest BCUT2D eigenvalue weighted by Gasteiger charge is -2.49. The summed E-state index contributed by atoms with van der Waals surface area (Å²) in [6.45, 7) is 0. The van der Waals surface area contributed by atoms with Gasteiger partial charge in [0.25, 0.3) is 0 Å². The van der Waals surface area contributed by atoms with E-state index in [4.69, 9.17) is 120 Å². The van der Waals surface area contributed by atoms with Gasteiger partial charge in [-0.05, 0) is 94.8 Å². The Kier molecular flexibility index (Phi) is 9.55. The summed E-state index contributed by atoms with van der Waals surface area (Å²) in [5, 5.41) is 4.11. The first-order valence-corrected chi connectivity index (χ1v) is 23.0. The normalized spacial score (nSPS) is 32.9. The topological polar surface area (TPSA) is 88.5 Å². The van der Waals surface area contributed by atoms with Gasteiger partial charge in [-0.1, -0.05) is 59.1 Å². The monoisotopic (exact) mass is 954 g/mol. The zero-order valence-corrected chi connectivity index (χ0v) is 38.0. The molecule has 0 spiro atoms. The number of rotatable bonds is 6. The van der Waals surface area contributed by atoms with Crippen molar-refractivity contribution in [3.8, 4) is 20.9 Å². The van der Waals surface area contributed by atoms with E-state index in [0.29, 0.717) is 57.7 Å². The summed E-state index contributed by atoms with van der Waals surface area (Å²) in [7, 11) is 6.36. The maximum Gasteiger partial charge on any atom is 0.219 e. The molecule has 5 aliphatic carbocycles. The van der Waals surface area contributed by atoms with E-state index in [2.05, 4.69) is 35.0 Å². The molecule has 11 rings (SSSR count). The highest BCUT2D eigenvalue weighted by Crippen LogP contribution is 2.84. The van der Waals surface area contributed by atoms with E-state index in [0.717, 1.165) is 20.9 Å². The Morgan fingerprint density at radius 3 is 1.10 bits per heavy atom. The number of thiophene rings is 2. The van der Waals surface area contributed by atoms with Crippen LogP contribution in [0, 0.1) is 23.7 Å². The number of fused-ring (bicyclic) bond motifs is 18. The summed E-state index contributed by atoms with van der Waals surface area (Å²) in [5.41, 5.74) is 7.16. The van der Waals surface area contributed by atoms with Crippen molar-refractivity contribution in [3.63, 3.8) is 0 Å². The lowest BCUT2D eigenvalue weighted by Crippen LogP contribution is -2.54. The third-order valence-electron chi connectivity index (χ3n) is 13.4. The molecule has 0 saturated heterocycles. The fraction of sp³-hybridized carbons (Fsp3) is 0.415. The number of hydrogen-bond donors (Lipinski definition) is 0. The van der Waals surface area contributed by atoms with E-state index in [-0.39, 0.29) is 23.7 Å². The van der Waals surface area contributed by atoms with Crippen LogP contribution in [0.1, 0.15) is 35.6 Å². The highest BCUT2D eigenvalue weighted by Gasteiger charge is 2.91. The molecule has 302 valence electrons. The van der Waals surface area contributed by atoms with Gasteiger partial charge in [-0.25, -0.2) is 19.9 Å². The molecule has 0 aliphatic heterocycles. The number of nitrogens with zero attached hydrogens (tertiary/aromatic N) is 4. The van der Waals surface area contributed by atoms with E-state index in [1.165, 1.54) is 0 Å². The molecule has 4 bridgehead atoms. The fourth-order valence-corrected chi connectivity index (χ4v) is 15.7. The molecule has 4 aromatic heterocycles. The molecule has 2 aromatic carbocycles. The van der Waals surface area contributed by atoms with Crippen LogP contribution in [0.4, 0.5) is 0 Å². The molecule has 5 aliphatic rings. The van der Waals surface area contributed by atoms with E-state index >= 15 is 0 Å².